The van der Waals surface area contributed by atoms with E-state index in [1.54, 1.807) is 12.1 Å². The first-order valence-corrected chi connectivity index (χ1v) is 10.4. The molecule has 0 atom stereocenters. The molecule has 3 nitrogen and oxygen atoms in total. The Bertz CT molecular complexity index is 1220. The highest BCUT2D eigenvalue weighted by Gasteiger charge is 2.23. The first-order chi connectivity index (χ1) is 14.4. The smallest absolute Gasteiger partial charge is 0.340 e. The van der Waals surface area contributed by atoms with E-state index in [4.69, 9.17) is 16.3 Å². The van der Waals surface area contributed by atoms with Gasteiger partial charge in [0.2, 0.25) is 0 Å². The van der Waals surface area contributed by atoms with Gasteiger partial charge in [-0.1, -0.05) is 30.2 Å². The minimum atomic E-state index is -0.404. The largest absolute Gasteiger partial charge is 0.465 e. The Morgan fingerprint density at radius 3 is 2.77 bits per heavy atom. The van der Waals surface area contributed by atoms with Crippen molar-refractivity contribution in [2.45, 2.75) is 33.1 Å². The molecular weight excluding hydrogens is 401 g/mol. The fourth-order valence-corrected chi connectivity index (χ4v) is 4.31. The highest BCUT2D eigenvalue weighted by molar-refractivity contribution is 6.31. The fraction of sp³-hybridized carbons (Fsp3) is 0.240. The van der Waals surface area contributed by atoms with Gasteiger partial charge in [0.1, 0.15) is 5.82 Å². The van der Waals surface area contributed by atoms with Crippen LogP contribution in [0.2, 0.25) is 5.02 Å². The van der Waals surface area contributed by atoms with Gasteiger partial charge in [0.05, 0.1) is 18.2 Å². The van der Waals surface area contributed by atoms with Crippen molar-refractivity contribution < 1.29 is 13.9 Å². The number of benzene rings is 2. The molecule has 0 spiro atoms. The molecule has 1 aliphatic carbocycles. The number of halogens is 2. The molecule has 1 N–H and O–H groups in total. The van der Waals surface area contributed by atoms with Gasteiger partial charge in [0.15, 0.2) is 0 Å². The molecule has 2 aromatic carbocycles. The number of allylic oxidation sites excluding steroid dienone is 4. The number of esters is 1. The van der Waals surface area contributed by atoms with E-state index in [1.165, 1.54) is 13.2 Å². The van der Waals surface area contributed by atoms with E-state index in [0.29, 0.717) is 16.1 Å². The minimum Gasteiger partial charge on any atom is -0.465 e. The van der Waals surface area contributed by atoms with Crippen LogP contribution in [0.4, 0.5) is 4.39 Å². The monoisotopic (exact) mass is 423 g/mol. The van der Waals surface area contributed by atoms with Gasteiger partial charge in [0.25, 0.3) is 0 Å². The Labute approximate surface area is 180 Å². The number of nitrogens with one attached hydrogen (secondary N) is 1. The van der Waals surface area contributed by atoms with Crippen molar-refractivity contribution in [2.75, 3.05) is 7.11 Å². The van der Waals surface area contributed by atoms with Crippen molar-refractivity contribution >= 4 is 39.6 Å². The lowest BCUT2D eigenvalue weighted by Crippen LogP contribution is -2.05. The van der Waals surface area contributed by atoms with Crippen LogP contribution < -0.4 is 0 Å². The fourth-order valence-electron chi connectivity index (χ4n) is 4.14. The van der Waals surface area contributed by atoms with E-state index in [2.05, 4.69) is 18.0 Å². The third-order valence-corrected chi connectivity index (χ3v) is 5.88. The third-order valence-electron chi connectivity index (χ3n) is 5.64. The lowest BCUT2D eigenvalue weighted by atomic mass is 9.82. The minimum absolute atomic E-state index is 0.314. The van der Waals surface area contributed by atoms with Gasteiger partial charge in [-0.3, -0.25) is 0 Å². The third kappa shape index (κ3) is 3.56. The number of carbonyl (C=O) groups excluding carboxylic acids is 1. The summed E-state index contributed by atoms with van der Waals surface area (Å²) in [5.74, 6) is -0.718. The summed E-state index contributed by atoms with van der Waals surface area (Å²) in [6.07, 6.45) is 4.64. The number of hydrogen-bond donors (Lipinski definition) is 1. The van der Waals surface area contributed by atoms with Crippen LogP contribution in [0.25, 0.3) is 22.0 Å². The average Bonchev–Trinajstić information content (AvgIpc) is 3.17. The number of carbonyl (C=O) groups is 1. The molecule has 5 heteroatoms. The Morgan fingerprint density at radius 1 is 1.23 bits per heavy atom. The number of methoxy groups -OCH3 is 1. The van der Waals surface area contributed by atoms with Crippen LogP contribution in [-0.2, 0) is 11.2 Å². The Hall–Kier alpha value is -2.85. The second kappa shape index (κ2) is 8.11. The second-order valence-corrected chi connectivity index (χ2v) is 8.00. The van der Waals surface area contributed by atoms with Crippen LogP contribution >= 0.6 is 11.6 Å². The Morgan fingerprint density at radius 2 is 2.03 bits per heavy atom. The van der Waals surface area contributed by atoms with Crippen molar-refractivity contribution in [3.63, 3.8) is 0 Å². The summed E-state index contributed by atoms with van der Waals surface area (Å²) in [7, 11) is 1.38. The maximum Gasteiger partial charge on any atom is 0.340 e. The van der Waals surface area contributed by atoms with Crippen molar-refractivity contribution in [2.24, 2.45) is 0 Å². The number of hydrogen-bond acceptors (Lipinski definition) is 2. The van der Waals surface area contributed by atoms with Crippen LogP contribution in [0.15, 0.2) is 48.0 Å². The second-order valence-electron chi connectivity index (χ2n) is 7.56. The molecule has 0 aliphatic heterocycles. The molecule has 0 saturated heterocycles. The Balaban J connectivity index is 1.95. The number of aromatic nitrogens is 1. The van der Waals surface area contributed by atoms with Gasteiger partial charge >= 0.3 is 5.97 Å². The molecule has 0 bridgehead atoms. The predicted octanol–water partition coefficient (Wildman–Crippen LogP) is 6.96. The van der Waals surface area contributed by atoms with E-state index >= 15 is 0 Å². The van der Waals surface area contributed by atoms with Crippen LogP contribution in [0.1, 0.15) is 53.9 Å². The SMILES string of the molecule is CCc1cc2cc(C3=CCCC(C)=C3c3cc(Cl)ccc3F)cc(C(=O)OC)c2[nH]1. The maximum absolute atomic E-state index is 14.8. The first kappa shape index (κ1) is 20.4. The summed E-state index contributed by atoms with van der Waals surface area (Å²) in [5, 5.41) is 1.42. The zero-order chi connectivity index (χ0) is 21.4. The van der Waals surface area contributed by atoms with Gasteiger partial charge < -0.3 is 9.72 Å². The summed E-state index contributed by atoms with van der Waals surface area (Å²) < 4.78 is 19.8. The first-order valence-electron chi connectivity index (χ1n) is 10.0. The van der Waals surface area contributed by atoms with Crippen molar-refractivity contribution in [3.8, 4) is 0 Å². The van der Waals surface area contributed by atoms with Crippen LogP contribution in [0.5, 0.6) is 0 Å². The lowest BCUT2D eigenvalue weighted by molar-refractivity contribution is 0.0602. The van der Waals surface area contributed by atoms with E-state index in [0.717, 1.165) is 58.1 Å². The zero-order valence-electron chi connectivity index (χ0n) is 17.2. The number of rotatable bonds is 4. The molecule has 3 aromatic rings. The highest BCUT2D eigenvalue weighted by Crippen LogP contribution is 2.42. The highest BCUT2D eigenvalue weighted by atomic mass is 35.5. The molecule has 154 valence electrons. The van der Waals surface area contributed by atoms with Gasteiger partial charge in [0, 0.05) is 21.7 Å². The average molecular weight is 424 g/mol. The summed E-state index contributed by atoms with van der Waals surface area (Å²) in [6, 6.07) is 10.5. The van der Waals surface area contributed by atoms with Crippen LogP contribution in [0.3, 0.4) is 0 Å². The van der Waals surface area contributed by atoms with E-state index < -0.39 is 5.97 Å². The summed E-state index contributed by atoms with van der Waals surface area (Å²) in [6.45, 7) is 4.08. The normalized spacial score (nSPS) is 14.2. The Kier molecular flexibility index (Phi) is 5.52. The van der Waals surface area contributed by atoms with Gasteiger partial charge in [-0.2, -0.15) is 0 Å². The molecule has 4 rings (SSSR count). The van der Waals surface area contributed by atoms with Crippen molar-refractivity contribution in [1.29, 1.82) is 0 Å². The number of aryl methyl sites for hydroxylation is 1. The number of ether oxygens (including phenoxy) is 1. The van der Waals surface area contributed by atoms with Crippen molar-refractivity contribution in [1.82, 2.24) is 4.98 Å². The topological polar surface area (TPSA) is 42.1 Å². The molecule has 1 aliphatic rings. The molecule has 0 radical (unpaired) electrons. The lowest BCUT2D eigenvalue weighted by Gasteiger charge is -2.22. The quantitative estimate of drug-likeness (QED) is 0.461. The van der Waals surface area contributed by atoms with E-state index in [1.807, 2.05) is 25.1 Å². The molecule has 0 amide bonds. The molecule has 30 heavy (non-hydrogen) atoms. The summed E-state index contributed by atoms with van der Waals surface area (Å²) >= 11 is 6.19. The number of fused-ring (bicyclic) bond motifs is 1. The van der Waals surface area contributed by atoms with Crippen LogP contribution in [-0.4, -0.2) is 18.1 Å². The van der Waals surface area contributed by atoms with Gasteiger partial charge in [-0.05, 0) is 79.3 Å². The zero-order valence-corrected chi connectivity index (χ0v) is 18.0. The van der Waals surface area contributed by atoms with Gasteiger partial charge in [-0.15, -0.1) is 0 Å². The molecule has 0 fully saturated rings. The molecule has 0 saturated carbocycles. The predicted molar refractivity (Wildman–Crippen MR) is 120 cm³/mol. The number of aromatic amines is 1. The molecule has 0 unspecified atom stereocenters. The van der Waals surface area contributed by atoms with E-state index in [-0.39, 0.29) is 5.82 Å². The standard InChI is InChI=1S/C25H23ClFNO2/c1-4-18-11-16-10-15(12-21(24(16)28-18)25(29)30-3)19-7-5-6-14(2)23(19)20-13-17(26)8-9-22(20)27/h7-13,28H,4-6H2,1-3H3. The van der Waals surface area contributed by atoms with E-state index in [9.17, 15) is 9.18 Å². The van der Waals surface area contributed by atoms with Gasteiger partial charge in [-0.25, -0.2) is 9.18 Å². The molecule has 1 heterocycles. The summed E-state index contributed by atoms with van der Waals surface area (Å²) in [5.41, 5.74) is 6.45. The maximum atomic E-state index is 14.8. The van der Waals surface area contributed by atoms with Crippen molar-refractivity contribution in [3.05, 3.63) is 81.3 Å². The molecular formula is C25H23ClFNO2. The van der Waals surface area contributed by atoms with Crippen LogP contribution in [0, 0.1) is 5.82 Å². The molecule has 1 aromatic heterocycles. The number of H-pyrrole nitrogens is 1. The summed E-state index contributed by atoms with van der Waals surface area (Å²) in [4.78, 5) is 15.8.